The zero-order valence-electron chi connectivity index (χ0n) is 16.8. The second-order valence-electron chi connectivity index (χ2n) is 6.07. The number of aliphatic imine (C=N–C) groups is 1. The lowest BCUT2D eigenvalue weighted by Crippen LogP contribution is -2.40. The van der Waals surface area contributed by atoms with E-state index in [1.807, 2.05) is 14.0 Å². The number of rotatable bonds is 9. The van der Waals surface area contributed by atoms with Crippen LogP contribution in [-0.4, -0.2) is 56.9 Å². The third-order valence-electron chi connectivity index (χ3n) is 4.18. The van der Waals surface area contributed by atoms with Gasteiger partial charge in [-0.2, -0.15) is 0 Å². The number of nitrogens with zero attached hydrogens (tertiary/aromatic N) is 2. The maximum Gasteiger partial charge on any atom is 0.193 e. The highest BCUT2D eigenvalue weighted by Crippen LogP contribution is 2.29. The maximum absolute atomic E-state index is 10.6. The Kier molecular flexibility index (Phi) is 11.2. The maximum atomic E-state index is 10.6. The predicted molar refractivity (Wildman–Crippen MR) is 127 cm³/mol. The molecule has 0 fully saturated rings. The number of aliphatic hydroxyl groups is 1. The van der Waals surface area contributed by atoms with Crippen LogP contribution in [0.25, 0.3) is 0 Å². The van der Waals surface area contributed by atoms with Crippen LogP contribution in [0.5, 0.6) is 11.5 Å². The van der Waals surface area contributed by atoms with E-state index in [9.17, 15) is 5.11 Å². The molecule has 0 saturated heterocycles. The zero-order chi connectivity index (χ0) is 19.6. The van der Waals surface area contributed by atoms with Crippen molar-refractivity contribution in [3.05, 3.63) is 46.2 Å². The Hall–Kier alpha value is -1.52. The zero-order valence-corrected chi connectivity index (χ0v) is 20.0. The first-order valence-corrected chi connectivity index (χ1v) is 9.88. The molecule has 0 aliphatic carbocycles. The summed E-state index contributed by atoms with van der Waals surface area (Å²) in [4.78, 5) is 8.04. The van der Waals surface area contributed by atoms with E-state index in [1.165, 1.54) is 4.88 Å². The summed E-state index contributed by atoms with van der Waals surface area (Å²) in [5.41, 5.74) is 0.665. The highest BCUT2D eigenvalue weighted by molar-refractivity contribution is 14.0. The molecule has 1 heterocycles. The number of hydrogen-bond donors (Lipinski definition) is 2. The quantitative estimate of drug-likeness (QED) is 0.302. The second kappa shape index (κ2) is 12.8. The standard InChI is InChI=1S/C20H29N3O3S.HI/c1-5-21-20(23(2)11-10-16-7-6-12-27-16)22-14-18(24)17-13-15(25-3)8-9-19(17)26-4;/h6-9,12-13,18,24H,5,10-11,14H2,1-4H3,(H,21,22);1H. The molecule has 1 aromatic carbocycles. The van der Waals surface area contributed by atoms with E-state index in [0.717, 1.165) is 25.5 Å². The average Bonchev–Trinajstić information content (AvgIpc) is 3.22. The second-order valence-corrected chi connectivity index (χ2v) is 7.10. The van der Waals surface area contributed by atoms with Crippen molar-refractivity contribution in [2.75, 3.05) is 40.9 Å². The van der Waals surface area contributed by atoms with Gasteiger partial charge >= 0.3 is 0 Å². The van der Waals surface area contributed by atoms with Gasteiger partial charge < -0.3 is 24.8 Å². The predicted octanol–water partition coefficient (Wildman–Crippen LogP) is 3.56. The van der Waals surface area contributed by atoms with Crippen molar-refractivity contribution in [2.45, 2.75) is 19.4 Å². The van der Waals surface area contributed by atoms with Crippen LogP contribution in [0.2, 0.25) is 0 Å². The van der Waals surface area contributed by atoms with Gasteiger partial charge in [0.2, 0.25) is 0 Å². The number of aliphatic hydroxyl groups excluding tert-OH is 1. The highest BCUT2D eigenvalue weighted by Gasteiger charge is 2.15. The van der Waals surface area contributed by atoms with Gasteiger partial charge in [-0.1, -0.05) is 6.07 Å². The molecule has 0 amide bonds. The molecule has 0 radical (unpaired) electrons. The van der Waals surface area contributed by atoms with Crippen molar-refractivity contribution in [2.24, 2.45) is 4.99 Å². The first-order chi connectivity index (χ1) is 13.1. The summed E-state index contributed by atoms with van der Waals surface area (Å²) in [7, 11) is 5.19. The fraction of sp³-hybridized carbons (Fsp3) is 0.450. The topological polar surface area (TPSA) is 66.3 Å². The Morgan fingerprint density at radius 1 is 1.29 bits per heavy atom. The summed E-state index contributed by atoms with van der Waals surface area (Å²) in [5, 5.41) is 16.0. The monoisotopic (exact) mass is 519 g/mol. The summed E-state index contributed by atoms with van der Waals surface area (Å²) >= 11 is 1.76. The van der Waals surface area contributed by atoms with Crippen LogP contribution in [-0.2, 0) is 6.42 Å². The largest absolute Gasteiger partial charge is 0.497 e. The van der Waals surface area contributed by atoms with Gasteiger partial charge in [-0.15, -0.1) is 35.3 Å². The van der Waals surface area contributed by atoms with E-state index < -0.39 is 6.10 Å². The van der Waals surface area contributed by atoms with E-state index in [2.05, 4.69) is 32.7 Å². The molecule has 2 rings (SSSR count). The van der Waals surface area contributed by atoms with E-state index in [1.54, 1.807) is 43.8 Å². The molecule has 0 bridgehead atoms. The lowest BCUT2D eigenvalue weighted by atomic mass is 10.1. The number of likely N-dealkylation sites (N-methyl/N-ethyl adjacent to an activating group) is 1. The van der Waals surface area contributed by atoms with Crippen molar-refractivity contribution in [3.63, 3.8) is 0 Å². The van der Waals surface area contributed by atoms with Crippen molar-refractivity contribution < 1.29 is 14.6 Å². The van der Waals surface area contributed by atoms with Gasteiger partial charge in [-0.25, -0.2) is 0 Å². The number of ether oxygens (including phenoxy) is 2. The molecule has 1 unspecified atom stereocenters. The van der Waals surface area contributed by atoms with Crippen LogP contribution in [0.15, 0.2) is 40.7 Å². The number of methoxy groups -OCH3 is 2. The van der Waals surface area contributed by atoms with E-state index >= 15 is 0 Å². The molecule has 28 heavy (non-hydrogen) atoms. The fourth-order valence-electron chi connectivity index (χ4n) is 2.68. The molecule has 2 aromatic rings. The minimum absolute atomic E-state index is 0. The van der Waals surface area contributed by atoms with Crippen LogP contribution >= 0.6 is 35.3 Å². The van der Waals surface area contributed by atoms with E-state index in [-0.39, 0.29) is 30.5 Å². The van der Waals surface area contributed by atoms with Gasteiger partial charge in [0.1, 0.15) is 17.6 Å². The summed E-state index contributed by atoms with van der Waals surface area (Å²) in [6.07, 6.45) is 0.180. The third kappa shape index (κ3) is 7.14. The van der Waals surface area contributed by atoms with Crippen molar-refractivity contribution >= 4 is 41.3 Å². The summed E-state index contributed by atoms with van der Waals surface area (Å²) in [5.74, 6) is 2.07. The Bertz CT molecular complexity index is 725. The Balaban J connectivity index is 0.00000392. The first kappa shape index (κ1) is 24.5. The van der Waals surface area contributed by atoms with Gasteiger partial charge in [0.05, 0.1) is 20.8 Å². The minimum Gasteiger partial charge on any atom is -0.497 e. The number of hydrogen-bond acceptors (Lipinski definition) is 5. The molecule has 0 aliphatic rings. The summed E-state index contributed by atoms with van der Waals surface area (Å²) < 4.78 is 10.6. The fourth-order valence-corrected chi connectivity index (χ4v) is 3.38. The van der Waals surface area contributed by atoms with E-state index in [4.69, 9.17) is 9.47 Å². The number of guanidine groups is 1. The van der Waals surface area contributed by atoms with Crippen LogP contribution < -0.4 is 14.8 Å². The molecule has 0 saturated carbocycles. The van der Waals surface area contributed by atoms with Crippen molar-refractivity contribution in [1.82, 2.24) is 10.2 Å². The molecule has 0 aliphatic heterocycles. The SMILES string of the molecule is CCNC(=NCC(O)c1cc(OC)ccc1OC)N(C)CCc1cccs1.I. The van der Waals surface area contributed by atoms with Gasteiger partial charge in [-0.3, -0.25) is 4.99 Å². The van der Waals surface area contributed by atoms with E-state index in [0.29, 0.717) is 17.1 Å². The van der Waals surface area contributed by atoms with Gasteiger partial charge in [-0.05, 0) is 43.0 Å². The molecule has 2 N–H and O–H groups in total. The highest BCUT2D eigenvalue weighted by atomic mass is 127. The van der Waals surface area contributed by atoms with Crippen LogP contribution in [0.1, 0.15) is 23.5 Å². The number of thiophene rings is 1. The van der Waals surface area contributed by atoms with Gasteiger partial charge in [0, 0.05) is 30.6 Å². The Morgan fingerprint density at radius 2 is 2.07 bits per heavy atom. The van der Waals surface area contributed by atoms with Gasteiger partial charge in [0.25, 0.3) is 0 Å². The number of benzene rings is 1. The van der Waals surface area contributed by atoms with Gasteiger partial charge in [0.15, 0.2) is 5.96 Å². The number of halogens is 1. The lowest BCUT2D eigenvalue weighted by Gasteiger charge is -2.22. The molecule has 8 heteroatoms. The molecule has 6 nitrogen and oxygen atoms in total. The molecule has 0 spiro atoms. The normalized spacial score (nSPS) is 12.1. The lowest BCUT2D eigenvalue weighted by molar-refractivity contribution is 0.181. The Morgan fingerprint density at radius 3 is 2.68 bits per heavy atom. The van der Waals surface area contributed by atoms with Crippen LogP contribution in [0, 0.1) is 0 Å². The summed E-state index contributed by atoms with van der Waals surface area (Å²) in [6.45, 7) is 3.88. The smallest absolute Gasteiger partial charge is 0.193 e. The van der Waals surface area contributed by atoms with Crippen molar-refractivity contribution in [3.8, 4) is 11.5 Å². The molecule has 1 aromatic heterocycles. The van der Waals surface area contributed by atoms with Crippen molar-refractivity contribution in [1.29, 1.82) is 0 Å². The molecular formula is C20H30IN3O3S. The number of nitrogens with one attached hydrogen (secondary N) is 1. The van der Waals surface area contributed by atoms with Crippen LogP contribution in [0.3, 0.4) is 0 Å². The molecular weight excluding hydrogens is 489 g/mol. The Labute approximate surface area is 188 Å². The average molecular weight is 519 g/mol. The minimum atomic E-state index is -0.783. The molecule has 1 atom stereocenters. The first-order valence-electron chi connectivity index (χ1n) is 9.00. The summed E-state index contributed by atoms with van der Waals surface area (Å²) in [6, 6.07) is 9.59. The van der Waals surface area contributed by atoms with Crippen LogP contribution in [0.4, 0.5) is 0 Å². The third-order valence-corrected chi connectivity index (χ3v) is 5.12. The molecule has 156 valence electrons.